The Morgan fingerprint density at radius 2 is 1.96 bits per heavy atom. The van der Waals surface area contributed by atoms with E-state index in [4.69, 9.17) is 9.73 Å². The number of aliphatic imine (C=N–C) groups is 1. The van der Waals surface area contributed by atoms with Gasteiger partial charge in [0.1, 0.15) is 12.4 Å². The van der Waals surface area contributed by atoms with Crippen LogP contribution < -0.4 is 10.6 Å². The van der Waals surface area contributed by atoms with Crippen molar-refractivity contribution in [3.05, 3.63) is 30.1 Å². The van der Waals surface area contributed by atoms with Crippen molar-refractivity contribution >= 4 is 41.0 Å². The molecular weight excluding hydrogens is 453 g/mol. The highest BCUT2D eigenvalue weighted by atomic mass is 127. The van der Waals surface area contributed by atoms with Gasteiger partial charge in [0.25, 0.3) is 0 Å². The van der Waals surface area contributed by atoms with Crippen molar-refractivity contribution in [1.82, 2.24) is 20.2 Å². The molecule has 7 heteroatoms. The first-order chi connectivity index (χ1) is 12.6. The number of guanidine groups is 1. The summed E-state index contributed by atoms with van der Waals surface area (Å²) in [4.78, 5) is 9.38. The molecule has 0 aliphatic heterocycles. The molecule has 152 valence electrons. The summed E-state index contributed by atoms with van der Waals surface area (Å²) < 4.78 is 7.91. The van der Waals surface area contributed by atoms with Crippen LogP contribution >= 0.6 is 24.0 Å². The van der Waals surface area contributed by atoms with Gasteiger partial charge >= 0.3 is 0 Å². The molecule has 0 spiro atoms. The molecule has 2 aromatic rings. The molecule has 0 amide bonds. The lowest BCUT2D eigenvalue weighted by atomic mass is 10.0. The van der Waals surface area contributed by atoms with Gasteiger partial charge < -0.3 is 19.9 Å². The topological polar surface area (TPSA) is 63.5 Å². The number of rotatable bonds is 9. The van der Waals surface area contributed by atoms with E-state index in [0.29, 0.717) is 12.5 Å². The number of hydrogen-bond donors (Lipinski definition) is 2. The predicted molar refractivity (Wildman–Crippen MR) is 124 cm³/mol. The predicted octanol–water partition coefficient (Wildman–Crippen LogP) is 3.70. The number of aryl methyl sites for hydroxylation is 1. The Hall–Kier alpha value is -1.35. The summed E-state index contributed by atoms with van der Waals surface area (Å²) in [6.45, 7) is 11.5. The van der Waals surface area contributed by atoms with Crippen LogP contribution in [0, 0.1) is 5.92 Å². The molecular formula is C20H34IN5O. The van der Waals surface area contributed by atoms with E-state index >= 15 is 0 Å². The van der Waals surface area contributed by atoms with E-state index in [1.807, 2.05) is 32.2 Å². The van der Waals surface area contributed by atoms with Crippen LogP contribution in [0.3, 0.4) is 0 Å². The molecule has 0 aliphatic rings. The van der Waals surface area contributed by atoms with E-state index in [1.165, 1.54) is 0 Å². The third-order valence-corrected chi connectivity index (χ3v) is 4.45. The standard InChI is InChI=1S/C20H33N5O.HI/c1-6-21-20(22-13-12-18(15(3)4)26-7-2)23-14-19-24-16-10-8-9-11-17(16)25(19)5;/h8-11,15,18H,6-7,12-14H2,1-5H3,(H2,21,22,23);1H. The molecule has 0 radical (unpaired) electrons. The molecule has 27 heavy (non-hydrogen) atoms. The van der Waals surface area contributed by atoms with Gasteiger partial charge in [-0.25, -0.2) is 9.98 Å². The minimum Gasteiger partial charge on any atom is -0.378 e. The van der Waals surface area contributed by atoms with Gasteiger partial charge in [-0.15, -0.1) is 24.0 Å². The van der Waals surface area contributed by atoms with Crippen molar-refractivity contribution in [2.24, 2.45) is 18.0 Å². The number of benzene rings is 1. The van der Waals surface area contributed by atoms with E-state index in [1.54, 1.807) is 0 Å². The Bertz CT molecular complexity index is 713. The maximum atomic E-state index is 5.81. The van der Waals surface area contributed by atoms with E-state index in [9.17, 15) is 0 Å². The van der Waals surface area contributed by atoms with Crippen LogP contribution in [0.1, 0.15) is 39.9 Å². The largest absolute Gasteiger partial charge is 0.378 e. The SMILES string of the molecule is CCNC(=NCc1nc2ccccc2n1C)NCCC(OCC)C(C)C.I. The normalized spacial score (nSPS) is 12.9. The lowest BCUT2D eigenvalue weighted by Crippen LogP contribution is -2.39. The van der Waals surface area contributed by atoms with Gasteiger partial charge in [-0.3, -0.25) is 0 Å². The molecule has 2 N–H and O–H groups in total. The molecule has 0 aliphatic carbocycles. The van der Waals surface area contributed by atoms with E-state index < -0.39 is 0 Å². The summed E-state index contributed by atoms with van der Waals surface area (Å²) in [6.07, 6.45) is 1.23. The van der Waals surface area contributed by atoms with Crippen molar-refractivity contribution in [2.45, 2.75) is 46.8 Å². The summed E-state index contributed by atoms with van der Waals surface area (Å²) in [5.74, 6) is 2.28. The number of ether oxygens (including phenoxy) is 1. The van der Waals surface area contributed by atoms with Crippen LogP contribution in [0.15, 0.2) is 29.3 Å². The molecule has 2 rings (SSSR count). The smallest absolute Gasteiger partial charge is 0.191 e. The van der Waals surface area contributed by atoms with Crippen LogP contribution in [0.4, 0.5) is 0 Å². The number of nitrogens with zero attached hydrogens (tertiary/aromatic N) is 3. The fourth-order valence-corrected chi connectivity index (χ4v) is 2.98. The monoisotopic (exact) mass is 487 g/mol. The molecule has 1 aromatic carbocycles. The lowest BCUT2D eigenvalue weighted by Gasteiger charge is -2.21. The second kappa shape index (κ2) is 12.2. The van der Waals surface area contributed by atoms with Crippen LogP contribution in [-0.2, 0) is 18.3 Å². The maximum Gasteiger partial charge on any atom is 0.191 e. The third-order valence-electron chi connectivity index (χ3n) is 4.45. The van der Waals surface area contributed by atoms with Crippen LogP contribution in [-0.4, -0.2) is 41.3 Å². The zero-order valence-electron chi connectivity index (χ0n) is 17.2. The molecule has 0 fully saturated rings. The van der Waals surface area contributed by atoms with Crippen LogP contribution in [0.25, 0.3) is 11.0 Å². The molecule has 0 saturated carbocycles. The summed E-state index contributed by atoms with van der Waals surface area (Å²) >= 11 is 0. The van der Waals surface area contributed by atoms with Gasteiger partial charge in [0.15, 0.2) is 5.96 Å². The minimum atomic E-state index is 0. The second-order valence-electron chi connectivity index (χ2n) is 6.72. The zero-order valence-corrected chi connectivity index (χ0v) is 19.5. The minimum absolute atomic E-state index is 0. The Morgan fingerprint density at radius 3 is 2.59 bits per heavy atom. The number of hydrogen-bond acceptors (Lipinski definition) is 3. The number of aromatic nitrogens is 2. The first kappa shape index (κ1) is 23.7. The second-order valence-corrected chi connectivity index (χ2v) is 6.72. The van der Waals surface area contributed by atoms with Crippen molar-refractivity contribution in [2.75, 3.05) is 19.7 Å². The van der Waals surface area contributed by atoms with Crippen molar-refractivity contribution < 1.29 is 4.74 Å². The molecule has 1 heterocycles. The van der Waals surface area contributed by atoms with Crippen molar-refractivity contribution in [3.8, 4) is 0 Å². The summed E-state index contributed by atoms with van der Waals surface area (Å²) in [5.41, 5.74) is 2.14. The quantitative estimate of drug-likeness (QED) is 0.322. The number of para-hydroxylation sites is 2. The molecule has 0 bridgehead atoms. The van der Waals surface area contributed by atoms with Gasteiger partial charge in [0, 0.05) is 26.7 Å². The third kappa shape index (κ3) is 6.95. The average Bonchev–Trinajstić information content (AvgIpc) is 2.95. The fraction of sp³-hybridized carbons (Fsp3) is 0.600. The highest BCUT2D eigenvalue weighted by Crippen LogP contribution is 2.14. The van der Waals surface area contributed by atoms with E-state index in [2.05, 4.69) is 47.0 Å². The molecule has 1 aromatic heterocycles. The lowest BCUT2D eigenvalue weighted by molar-refractivity contribution is 0.0258. The molecule has 6 nitrogen and oxygen atoms in total. The van der Waals surface area contributed by atoms with Gasteiger partial charge in [-0.05, 0) is 38.3 Å². The van der Waals surface area contributed by atoms with Crippen LogP contribution in [0.2, 0.25) is 0 Å². The molecule has 1 unspecified atom stereocenters. The van der Waals surface area contributed by atoms with Gasteiger partial charge in [-0.1, -0.05) is 26.0 Å². The summed E-state index contributed by atoms with van der Waals surface area (Å²) in [7, 11) is 2.04. The van der Waals surface area contributed by atoms with Gasteiger partial charge in [-0.2, -0.15) is 0 Å². The number of fused-ring (bicyclic) bond motifs is 1. The van der Waals surface area contributed by atoms with Crippen LogP contribution in [0.5, 0.6) is 0 Å². The fourth-order valence-electron chi connectivity index (χ4n) is 2.98. The highest BCUT2D eigenvalue weighted by Gasteiger charge is 2.13. The Labute approximate surface area is 180 Å². The van der Waals surface area contributed by atoms with Gasteiger partial charge in [0.05, 0.1) is 17.1 Å². The van der Waals surface area contributed by atoms with Crippen molar-refractivity contribution in [3.63, 3.8) is 0 Å². The van der Waals surface area contributed by atoms with E-state index in [0.717, 1.165) is 48.9 Å². The Kier molecular flexibility index (Phi) is 10.7. The first-order valence-corrected chi connectivity index (χ1v) is 9.60. The first-order valence-electron chi connectivity index (χ1n) is 9.60. The summed E-state index contributed by atoms with van der Waals surface area (Å²) in [6, 6.07) is 8.16. The number of nitrogens with one attached hydrogen (secondary N) is 2. The zero-order chi connectivity index (χ0) is 18.9. The van der Waals surface area contributed by atoms with Crippen molar-refractivity contribution in [1.29, 1.82) is 0 Å². The number of halogens is 1. The maximum absolute atomic E-state index is 5.81. The average molecular weight is 487 g/mol. The van der Waals surface area contributed by atoms with Gasteiger partial charge in [0.2, 0.25) is 0 Å². The summed E-state index contributed by atoms with van der Waals surface area (Å²) in [5, 5.41) is 6.71. The molecule has 0 saturated heterocycles. The molecule has 1 atom stereocenters. The van der Waals surface area contributed by atoms with E-state index in [-0.39, 0.29) is 30.1 Å². The Morgan fingerprint density at radius 1 is 1.22 bits per heavy atom. The highest BCUT2D eigenvalue weighted by molar-refractivity contribution is 14.0. The number of imidazole rings is 1. The Balaban J connectivity index is 0.00000364.